The topological polar surface area (TPSA) is 6.48 Å². The number of hydrogen-bond donors (Lipinski definition) is 0. The Morgan fingerprint density at radius 3 is 2.33 bits per heavy atom. The third-order valence-electron chi connectivity index (χ3n) is 2.08. The molecule has 0 amide bonds. The lowest BCUT2D eigenvalue weighted by molar-refractivity contribution is -0.0716. The van der Waals surface area contributed by atoms with Crippen LogP contribution in [0.4, 0.5) is 0 Å². The van der Waals surface area contributed by atoms with E-state index in [1.165, 1.54) is 19.5 Å². The van der Waals surface area contributed by atoms with Crippen LogP contribution in [0.25, 0.3) is 0 Å². The molecule has 0 aliphatic carbocycles. The van der Waals surface area contributed by atoms with Crippen molar-refractivity contribution in [3.05, 3.63) is 0 Å². The van der Waals surface area contributed by atoms with Gasteiger partial charge in [0.15, 0.2) is 0 Å². The molecule has 1 heterocycles. The van der Waals surface area contributed by atoms with Crippen LogP contribution in [0.3, 0.4) is 0 Å². The molecule has 0 unspecified atom stereocenters. The van der Waals surface area contributed by atoms with Crippen molar-refractivity contribution in [3.8, 4) is 0 Å². The van der Waals surface area contributed by atoms with E-state index in [9.17, 15) is 0 Å². The zero-order chi connectivity index (χ0) is 6.85. The second kappa shape index (κ2) is 2.67. The van der Waals surface area contributed by atoms with Crippen molar-refractivity contribution in [2.75, 3.05) is 27.2 Å². The number of hydrogen-bond acceptors (Lipinski definition) is 2. The van der Waals surface area contributed by atoms with Crippen molar-refractivity contribution in [1.29, 1.82) is 0 Å². The zero-order valence-electron chi connectivity index (χ0n) is 6.59. The maximum Gasteiger partial charge on any atom is 0.0174 e. The van der Waals surface area contributed by atoms with Crippen molar-refractivity contribution in [2.24, 2.45) is 5.92 Å². The maximum atomic E-state index is 2.36. The zero-order valence-corrected chi connectivity index (χ0v) is 6.59. The molecular formula is C7H16N2. The average molecular weight is 128 g/mol. The normalized spacial score (nSPS) is 22.7. The Kier molecular flexibility index (Phi) is 2.09. The molecule has 1 aliphatic rings. The Balaban J connectivity index is 2.12. The number of rotatable bonds is 2. The summed E-state index contributed by atoms with van der Waals surface area (Å²) in [7, 11) is 4.21. The highest BCUT2D eigenvalue weighted by molar-refractivity contribution is 4.74. The predicted molar refractivity (Wildman–Crippen MR) is 39.0 cm³/mol. The molecule has 9 heavy (non-hydrogen) atoms. The van der Waals surface area contributed by atoms with E-state index < -0.39 is 0 Å². The summed E-state index contributed by atoms with van der Waals surface area (Å²) >= 11 is 0. The van der Waals surface area contributed by atoms with Gasteiger partial charge in [-0.25, -0.2) is 10.0 Å². The van der Waals surface area contributed by atoms with Gasteiger partial charge in [0.1, 0.15) is 0 Å². The lowest BCUT2D eigenvalue weighted by atomic mass is 10.00. The summed E-state index contributed by atoms with van der Waals surface area (Å²) in [6, 6.07) is 0. The summed E-state index contributed by atoms with van der Waals surface area (Å²) in [5, 5.41) is 4.53. The standard InChI is InChI=1S/C7H16N2/c1-4-7-5-9(6-7)8(2)3/h7H,4-6H2,1-3H3. The van der Waals surface area contributed by atoms with Crippen LogP contribution in [0, 0.1) is 5.92 Å². The van der Waals surface area contributed by atoms with Crippen LogP contribution in [-0.2, 0) is 0 Å². The first-order valence-electron chi connectivity index (χ1n) is 3.66. The molecule has 2 heteroatoms. The molecule has 0 aromatic carbocycles. The summed E-state index contributed by atoms with van der Waals surface area (Å²) in [5.41, 5.74) is 0. The lowest BCUT2D eigenvalue weighted by Gasteiger charge is -2.42. The van der Waals surface area contributed by atoms with E-state index in [-0.39, 0.29) is 0 Å². The molecule has 0 aromatic rings. The van der Waals surface area contributed by atoms with Crippen LogP contribution in [0.15, 0.2) is 0 Å². The van der Waals surface area contributed by atoms with E-state index in [1.54, 1.807) is 0 Å². The van der Waals surface area contributed by atoms with Crippen molar-refractivity contribution in [2.45, 2.75) is 13.3 Å². The van der Waals surface area contributed by atoms with E-state index in [1.807, 2.05) is 0 Å². The van der Waals surface area contributed by atoms with Crippen molar-refractivity contribution in [1.82, 2.24) is 10.0 Å². The minimum Gasteiger partial charge on any atom is -0.248 e. The molecule has 1 saturated heterocycles. The molecule has 2 nitrogen and oxygen atoms in total. The Morgan fingerprint density at radius 1 is 1.44 bits per heavy atom. The van der Waals surface area contributed by atoms with Crippen molar-refractivity contribution < 1.29 is 0 Å². The second-order valence-electron chi connectivity index (χ2n) is 2.99. The summed E-state index contributed by atoms with van der Waals surface area (Å²) in [6.07, 6.45) is 1.34. The lowest BCUT2D eigenvalue weighted by Crippen LogP contribution is -2.52. The van der Waals surface area contributed by atoms with Crippen LogP contribution >= 0.6 is 0 Å². The van der Waals surface area contributed by atoms with Crippen molar-refractivity contribution >= 4 is 0 Å². The van der Waals surface area contributed by atoms with Crippen molar-refractivity contribution in [3.63, 3.8) is 0 Å². The van der Waals surface area contributed by atoms with E-state index >= 15 is 0 Å². The molecule has 1 aliphatic heterocycles. The molecule has 0 spiro atoms. The van der Waals surface area contributed by atoms with Crippen LogP contribution in [0.5, 0.6) is 0 Å². The Hall–Kier alpha value is -0.0800. The maximum absolute atomic E-state index is 2.36. The van der Waals surface area contributed by atoms with Gasteiger partial charge in [0.25, 0.3) is 0 Å². The van der Waals surface area contributed by atoms with Gasteiger partial charge < -0.3 is 0 Å². The van der Waals surface area contributed by atoms with Crippen LogP contribution < -0.4 is 0 Å². The quantitative estimate of drug-likeness (QED) is 0.543. The summed E-state index contributed by atoms with van der Waals surface area (Å²) in [6.45, 7) is 4.80. The highest BCUT2D eigenvalue weighted by atomic mass is 15.6. The first-order chi connectivity index (χ1) is 4.24. The molecular weight excluding hydrogens is 112 g/mol. The Labute approximate surface area is 57.4 Å². The Morgan fingerprint density at radius 2 is 2.00 bits per heavy atom. The number of hydrazine groups is 1. The van der Waals surface area contributed by atoms with Gasteiger partial charge in [-0.05, 0) is 5.92 Å². The fraction of sp³-hybridized carbons (Fsp3) is 1.00. The smallest absolute Gasteiger partial charge is 0.0174 e. The molecule has 0 N–H and O–H groups in total. The van der Waals surface area contributed by atoms with Gasteiger partial charge in [0.05, 0.1) is 0 Å². The SMILES string of the molecule is CCC1CN(N(C)C)C1. The van der Waals surface area contributed by atoms with Gasteiger partial charge in [0, 0.05) is 27.2 Å². The third kappa shape index (κ3) is 1.43. The molecule has 54 valence electrons. The minimum absolute atomic E-state index is 0.965. The van der Waals surface area contributed by atoms with Gasteiger partial charge in [-0.1, -0.05) is 13.3 Å². The average Bonchev–Trinajstić information content (AvgIpc) is 1.61. The first kappa shape index (κ1) is 7.03. The fourth-order valence-electron chi connectivity index (χ4n) is 1.13. The van der Waals surface area contributed by atoms with Gasteiger partial charge in [-0.2, -0.15) is 0 Å². The monoisotopic (exact) mass is 128 g/mol. The summed E-state index contributed by atoms with van der Waals surface area (Å²) in [4.78, 5) is 0. The summed E-state index contributed by atoms with van der Waals surface area (Å²) < 4.78 is 0. The number of nitrogens with zero attached hydrogens (tertiary/aromatic N) is 2. The third-order valence-corrected chi connectivity index (χ3v) is 2.08. The van der Waals surface area contributed by atoms with Crippen LogP contribution in [0.2, 0.25) is 0 Å². The van der Waals surface area contributed by atoms with E-state index in [0.717, 1.165) is 5.92 Å². The highest BCUT2D eigenvalue weighted by Gasteiger charge is 2.25. The van der Waals surface area contributed by atoms with Gasteiger partial charge in [-0.15, -0.1) is 0 Å². The molecule has 0 aromatic heterocycles. The molecule has 1 fully saturated rings. The molecule has 0 saturated carbocycles. The van der Waals surface area contributed by atoms with E-state index in [2.05, 4.69) is 31.0 Å². The van der Waals surface area contributed by atoms with Gasteiger partial charge in [-0.3, -0.25) is 0 Å². The fourth-order valence-corrected chi connectivity index (χ4v) is 1.13. The predicted octanol–water partition coefficient (Wildman–Crippen LogP) is 0.805. The van der Waals surface area contributed by atoms with Gasteiger partial charge in [0.2, 0.25) is 0 Å². The van der Waals surface area contributed by atoms with E-state index in [0.29, 0.717) is 0 Å². The van der Waals surface area contributed by atoms with Gasteiger partial charge >= 0.3 is 0 Å². The highest BCUT2D eigenvalue weighted by Crippen LogP contribution is 2.18. The second-order valence-corrected chi connectivity index (χ2v) is 2.99. The molecule has 0 radical (unpaired) electrons. The van der Waals surface area contributed by atoms with E-state index in [4.69, 9.17) is 0 Å². The largest absolute Gasteiger partial charge is 0.248 e. The van der Waals surface area contributed by atoms with Crippen LogP contribution in [0.1, 0.15) is 13.3 Å². The van der Waals surface area contributed by atoms with Crippen LogP contribution in [-0.4, -0.2) is 37.2 Å². The first-order valence-corrected chi connectivity index (χ1v) is 3.66. The molecule has 1 rings (SSSR count). The minimum atomic E-state index is 0.965. The Bertz CT molecular complexity index is 84.9. The molecule has 0 atom stereocenters. The summed E-state index contributed by atoms with van der Waals surface area (Å²) in [5.74, 6) is 0.965. The molecule has 0 bridgehead atoms.